The summed E-state index contributed by atoms with van der Waals surface area (Å²) < 4.78 is 0. The largest absolute Gasteiger partial charge is 0.390 e. The van der Waals surface area contributed by atoms with Crippen LogP contribution in [0.1, 0.15) is 37.0 Å². The standard InChI is InChI=1S/C19H30N2O2S/c1-14(2)10-15(11-21-12-17(22)13-21)8-9-20-19(23)16-4-6-18(24-3)7-5-16/h4-7,14-15,17,22H,8-13H2,1-3H3,(H,20,23)/t15-/m1/s1. The van der Waals surface area contributed by atoms with E-state index in [2.05, 4.69) is 24.1 Å². The molecule has 24 heavy (non-hydrogen) atoms. The van der Waals surface area contributed by atoms with Crippen LogP contribution in [-0.4, -0.2) is 54.5 Å². The molecule has 1 atom stereocenters. The number of amides is 1. The fraction of sp³-hybridized carbons (Fsp3) is 0.632. The molecule has 1 fully saturated rings. The van der Waals surface area contributed by atoms with Gasteiger partial charge in [0, 0.05) is 36.6 Å². The third kappa shape index (κ3) is 6.11. The van der Waals surface area contributed by atoms with Crippen LogP contribution in [-0.2, 0) is 0 Å². The molecule has 0 bridgehead atoms. The van der Waals surface area contributed by atoms with Crippen LogP contribution in [0, 0.1) is 11.8 Å². The minimum absolute atomic E-state index is 0.00493. The van der Waals surface area contributed by atoms with Gasteiger partial charge in [-0.3, -0.25) is 9.69 Å². The average molecular weight is 351 g/mol. The molecule has 4 nitrogen and oxygen atoms in total. The molecule has 0 saturated carbocycles. The maximum absolute atomic E-state index is 12.2. The number of aliphatic hydroxyl groups is 1. The molecule has 1 saturated heterocycles. The Morgan fingerprint density at radius 1 is 1.33 bits per heavy atom. The number of thioether (sulfide) groups is 1. The number of nitrogens with one attached hydrogen (secondary N) is 1. The molecule has 1 heterocycles. The number of hydrogen-bond donors (Lipinski definition) is 2. The number of likely N-dealkylation sites (tertiary alicyclic amines) is 1. The first-order chi connectivity index (χ1) is 11.5. The van der Waals surface area contributed by atoms with Crippen molar-refractivity contribution in [2.24, 2.45) is 11.8 Å². The second-order valence-corrected chi connectivity index (χ2v) is 8.02. The molecular weight excluding hydrogens is 320 g/mol. The molecule has 5 heteroatoms. The van der Waals surface area contributed by atoms with E-state index in [-0.39, 0.29) is 12.0 Å². The molecule has 2 rings (SSSR count). The van der Waals surface area contributed by atoms with Crippen molar-refractivity contribution in [2.75, 3.05) is 32.4 Å². The highest BCUT2D eigenvalue weighted by molar-refractivity contribution is 7.98. The Labute approximate surface area is 150 Å². The third-order valence-corrected chi connectivity index (χ3v) is 5.19. The summed E-state index contributed by atoms with van der Waals surface area (Å²) in [6.45, 7) is 7.80. The van der Waals surface area contributed by atoms with E-state index in [4.69, 9.17) is 0 Å². The van der Waals surface area contributed by atoms with Crippen LogP contribution >= 0.6 is 11.8 Å². The van der Waals surface area contributed by atoms with Gasteiger partial charge in [-0.15, -0.1) is 11.8 Å². The number of carbonyl (C=O) groups is 1. The lowest BCUT2D eigenvalue weighted by molar-refractivity contribution is -0.00869. The summed E-state index contributed by atoms with van der Waals surface area (Å²) in [5.74, 6) is 1.22. The zero-order valence-electron chi connectivity index (χ0n) is 15.0. The highest BCUT2D eigenvalue weighted by Crippen LogP contribution is 2.20. The van der Waals surface area contributed by atoms with Crippen molar-refractivity contribution >= 4 is 17.7 Å². The maximum atomic E-state index is 12.2. The Morgan fingerprint density at radius 2 is 2.00 bits per heavy atom. The minimum atomic E-state index is -0.145. The van der Waals surface area contributed by atoms with Crippen molar-refractivity contribution in [1.29, 1.82) is 0 Å². The van der Waals surface area contributed by atoms with Gasteiger partial charge in [-0.1, -0.05) is 13.8 Å². The molecule has 1 aromatic carbocycles. The molecule has 134 valence electrons. The zero-order valence-corrected chi connectivity index (χ0v) is 15.8. The van der Waals surface area contributed by atoms with Crippen molar-refractivity contribution in [3.8, 4) is 0 Å². The summed E-state index contributed by atoms with van der Waals surface area (Å²) in [6.07, 6.45) is 4.03. The van der Waals surface area contributed by atoms with Crippen molar-refractivity contribution in [1.82, 2.24) is 10.2 Å². The molecule has 1 aliphatic rings. The van der Waals surface area contributed by atoms with Crippen LogP contribution in [0.3, 0.4) is 0 Å². The molecule has 0 spiro atoms. The van der Waals surface area contributed by atoms with E-state index < -0.39 is 0 Å². The lowest BCUT2D eigenvalue weighted by Crippen LogP contribution is -2.52. The Balaban J connectivity index is 1.76. The number of β-amino-alcohol motifs (C(OH)–C–C–N with tert-alkyl or cyclic N) is 1. The van der Waals surface area contributed by atoms with Crippen molar-refractivity contribution < 1.29 is 9.90 Å². The minimum Gasteiger partial charge on any atom is -0.390 e. The van der Waals surface area contributed by atoms with E-state index in [1.165, 1.54) is 4.90 Å². The van der Waals surface area contributed by atoms with Crippen LogP contribution in [0.2, 0.25) is 0 Å². The first-order valence-electron chi connectivity index (χ1n) is 8.80. The van der Waals surface area contributed by atoms with Crippen LogP contribution in [0.4, 0.5) is 0 Å². The van der Waals surface area contributed by atoms with Gasteiger partial charge in [0.25, 0.3) is 5.91 Å². The zero-order chi connectivity index (χ0) is 17.5. The number of nitrogens with zero attached hydrogens (tertiary/aromatic N) is 1. The quantitative estimate of drug-likeness (QED) is 0.673. The summed E-state index contributed by atoms with van der Waals surface area (Å²) in [7, 11) is 0. The van der Waals surface area contributed by atoms with E-state index >= 15 is 0 Å². The van der Waals surface area contributed by atoms with Gasteiger partial charge in [0.2, 0.25) is 0 Å². The number of benzene rings is 1. The first kappa shape index (κ1) is 19.3. The molecule has 2 N–H and O–H groups in total. The van der Waals surface area contributed by atoms with E-state index in [9.17, 15) is 9.90 Å². The van der Waals surface area contributed by atoms with Crippen LogP contribution in [0.5, 0.6) is 0 Å². The lowest BCUT2D eigenvalue weighted by atomic mass is 9.92. The van der Waals surface area contributed by atoms with E-state index in [1.54, 1.807) is 11.8 Å². The smallest absolute Gasteiger partial charge is 0.251 e. The number of hydrogen-bond acceptors (Lipinski definition) is 4. The topological polar surface area (TPSA) is 52.6 Å². The maximum Gasteiger partial charge on any atom is 0.251 e. The van der Waals surface area contributed by atoms with E-state index in [0.29, 0.717) is 18.4 Å². The fourth-order valence-electron chi connectivity index (χ4n) is 3.24. The fourth-order valence-corrected chi connectivity index (χ4v) is 3.65. The molecule has 1 aliphatic heterocycles. The van der Waals surface area contributed by atoms with Gasteiger partial charge in [0.1, 0.15) is 0 Å². The van der Waals surface area contributed by atoms with Gasteiger partial charge in [0.05, 0.1) is 6.10 Å². The monoisotopic (exact) mass is 350 g/mol. The summed E-state index contributed by atoms with van der Waals surface area (Å²) in [4.78, 5) is 15.7. The molecule has 0 aliphatic carbocycles. The highest BCUT2D eigenvalue weighted by atomic mass is 32.2. The molecule has 0 aromatic heterocycles. The van der Waals surface area contributed by atoms with E-state index in [0.717, 1.165) is 38.0 Å². The predicted octanol–water partition coefficient (Wildman–Crippen LogP) is 2.87. The van der Waals surface area contributed by atoms with E-state index in [1.807, 2.05) is 30.5 Å². The Bertz CT molecular complexity index is 513. The predicted molar refractivity (Wildman–Crippen MR) is 101 cm³/mol. The summed E-state index contributed by atoms with van der Waals surface area (Å²) in [5, 5.41) is 12.5. The average Bonchev–Trinajstić information content (AvgIpc) is 2.52. The lowest BCUT2D eigenvalue weighted by Gasteiger charge is -2.38. The molecule has 1 amide bonds. The second-order valence-electron chi connectivity index (χ2n) is 7.14. The van der Waals surface area contributed by atoms with Gasteiger partial charge in [0.15, 0.2) is 0 Å². The SMILES string of the molecule is CSc1ccc(C(=O)NCC[C@H](CC(C)C)CN2CC(O)C2)cc1. The highest BCUT2D eigenvalue weighted by Gasteiger charge is 2.26. The molecule has 0 unspecified atom stereocenters. The molecule has 1 aromatic rings. The Kier molecular flexibility index (Phi) is 7.59. The first-order valence-corrected chi connectivity index (χ1v) is 10.0. The Morgan fingerprint density at radius 3 is 2.54 bits per heavy atom. The summed E-state index contributed by atoms with van der Waals surface area (Å²) in [5.41, 5.74) is 0.721. The number of carbonyl (C=O) groups excluding carboxylic acids is 1. The van der Waals surface area contributed by atoms with Gasteiger partial charge in [-0.25, -0.2) is 0 Å². The summed E-state index contributed by atoms with van der Waals surface area (Å²) >= 11 is 1.68. The Hall–Kier alpha value is -1.04. The molecule has 0 radical (unpaired) electrons. The van der Waals surface area contributed by atoms with Gasteiger partial charge in [-0.05, 0) is 55.2 Å². The van der Waals surface area contributed by atoms with Crippen LogP contribution in [0.15, 0.2) is 29.2 Å². The molecular formula is C19H30N2O2S. The number of rotatable bonds is 9. The van der Waals surface area contributed by atoms with Crippen molar-refractivity contribution in [2.45, 2.75) is 37.7 Å². The van der Waals surface area contributed by atoms with Crippen LogP contribution in [0.25, 0.3) is 0 Å². The van der Waals surface area contributed by atoms with Crippen molar-refractivity contribution in [3.05, 3.63) is 29.8 Å². The second kappa shape index (κ2) is 9.44. The van der Waals surface area contributed by atoms with Gasteiger partial charge < -0.3 is 10.4 Å². The van der Waals surface area contributed by atoms with Crippen LogP contribution < -0.4 is 5.32 Å². The normalized spacial score (nSPS) is 16.9. The van der Waals surface area contributed by atoms with Crippen molar-refractivity contribution in [3.63, 3.8) is 0 Å². The van der Waals surface area contributed by atoms with Gasteiger partial charge >= 0.3 is 0 Å². The number of aliphatic hydroxyl groups excluding tert-OH is 1. The third-order valence-electron chi connectivity index (χ3n) is 4.45. The summed E-state index contributed by atoms with van der Waals surface area (Å²) in [6, 6.07) is 7.73. The van der Waals surface area contributed by atoms with Gasteiger partial charge in [-0.2, -0.15) is 0 Å².